The molecular weight excluding hydrogens is 210 g/mol. The van der Waals surface area contributed by atoms with Crippen LogP contribution in [-0.2, 0) is 0 Å². The van der Waals surface area contributed by atoms with Gasteiger partial charge in [0.15, 0.2) is 5.49 Å². The first-order valence-corrected chi connectivity index (χ1v) is 5.79. The molecule has 0 saturated heterocycles. The fourth-order valence-corrected chi connectivity index (χ4v) is 2.46. The lowest BCUT2D eigenvalue weighted by molar-refractivity contribution is 0.642. The minimum atomic E-state index is 0.153. The molecule has 2 heterocycles. The Bertz CT molecular complexity index is 764. The van der Waals surface area contributed by atoms with E-state index in [-0.39, 0.29) is 12.1 Å². The predicted molar refractivity (Wildman–Crippen MR) is 66.5 cm³/mol. The molecule has 0 fully saturated rings. The molecule has 1 aliphatic heterocycles. The molecule has 2 aromatic rings. The number of nitrogens with one attached hydrogen (secondary N) is 1. The van der Waals surface area contributed by atoms with E-state index in [1.807, 2.05) is 24.3 Å². The number of fused-ring (bicyclic) bond motifs is 4. The molecule has 0 unspecified atom stereocenters. The van der Waals surface area contributed by atoms with E-state index in [2.05, 4.69) is 29.3 Å². The van der Waals surface area contributed by atoms with E-state index in [4.69, 9.17) is 9.98 Å². The fraction of sp³-hybridized carbons (Fsp3) is 0.143. The van der Waals surface area contributed by atoms with Gasteiger partial charge in [0.2, 0.25) is 0 Å². The third kappa shape index (κ3) is 1.22. The molecule has 17 heavy (non-hydrogen) atoms. The van der Waals surface area contributed by atoms with E-state index in [1.54, 1.807) is 0 Å². The Morgan fingerprint density at radius 1 is 0.941 bits per heavy atom. The van der Waals surface area contributed by atoms with Crippen LogP contribution in [0.4, 0.5) is 0 Å². The summed E-state index contributed by atoms with van der Waals surface area (Å²) >= 11 is 0. The minimum Gasteiger partial charge on any atom is -0.338 e. The van der Waals surface area contributed by atoms with E-state index in [1.165, 1.54) is 0 Å². The minimum absolute atomic E-state index is 0.153. The van der Waals surface area contributed by atoms with Crippen molar-refractivity contribution in [1.29, 1.82) is 0 Å². The number of H-pyrrole nitrogens is 1. The highest BCUT2D eigenvalue weighted by Crippen LogP contribution is 2.14. The summed E-state index contributed by atoms with van der Waals surface area (Å²) in [5, 5.41) is 2.16. The van der Waals surface area contributed by atoms with Crippen molar-refractivity contribution >= 4 is 10.9 Å². The topological polar surface area (TPSA) is 40.5 Å². The predicted octanol–water partition coefficient (Wildman–Crippen LogP) is 1.28. The lowest BCUT2D eigenvalue weighted by Gasteiger charge is -2.18. The first kappa shape index (κ1) is 8.93. The van der Waals surface area contributed by atoms with Crippen LogP contribution in [0.15, 0.2) is 58.6 Å². The molecule has 0 saturated carbocycles. The van der Waals surface area contributed by atoms with Crippen LogP contribution < -0.4 is 10.8 Å². The summed E-state index contributed by atoms with van der Waals surface area (Å²) in [6, 6.07) is 8.53. The van der Waals surface area contributed by atoms with Crippen LogP contribution in [0.1, 0.15) is 0 Å². The van der Waals surface area contributed by atoms with Gasteiger partial charge in [-0.1, -0.05) is 42.5 Å². The zero-order valence-corrected chi connectivity index (χ0v) is 9.17. The number of hydrogen-bond donors (Lipinski definition) is 1. The van der Waals surface area contributed by atoms with Crippen LogP contribution in [0.5, 0.6) is 0 Å². The summed E-state index contributed by atoms with van der Waals surface area (Å²) in [5.41, 5.74) is 2.02. The first-order chi connectivity index (χ1) is 8.42. The second kappa shape index (κ2) is 3.17. The van der Waals surface area contributed by atoms with E-state index in [0.29, 0.717) is 0 Å². The molecule has 3 heteroatoms. The number of aromatic nitrogens is 1. The highest BCUT2D eigenvalue weighted by Gasteiger charge is 2.20. The standard InChI is InChI=1S/C14H11N3/c1-2-6-10-9(5-1)13-14(16-10)17-12-8-4-3-7-11(12)15-13/h1-8,11-12H,(H,16,17)/t11-,12+/m1/s1. The summed E-state index contributed by atoms with van der Waals surface area (Å²) in [5.74, 6) is 0. The average Bonchev–Trinajstić information content (AvgIpc) is 2.73. The molecule has 2 atom stereocenters. The fourth-order valence-electron chi connectivity index (χ4n) is 2.46. The van der Waals surface area contributed by atoms with Crippen LogP contribution in [0.25, 0.3) is 10.9 Å². The number of rotatable bonds is 0. The van der Waals surface area contributed by atoms with Gasteiger partial charge in [0.25, 0.3) is 0 Å². The van der Waals surface area contributed by atoms with Crippen molar-refractivity contribution in [2.24, 2.45) is 9.98 Å². The lowest BCUT2D eigenvalue weighted by atomic mass is 10.0. The van der Waals surface area contributed by atoms with Gasteiger partial charge in [-0.05, 0) is 6.07 Å². The van der Waals surface area contributed by atoms with Crippen LogP contribution in [-0.4, -0.2) is 17.1 Å². The Morgan fingerprint density at radius 2 is 1.71 bits per heavy atom. The van der Waals surface area contributed by atoms with Crippen LogP contribution in [0.3, 0.4) is 0 Å². The molecule has 0 spiro atoms. The van der Waals surface area contributed by atoms with E-state index >= 15 is 0 Å². The molecule has 1 aromatic carbocycles. The summed E-state index contributed by atoms with van der Waals surface area (Å²) in [6.07, 6.45) is 8.29. The van der Waals surface area contributed by atoms with Gasteiger partial charge in [-0.3, -0.25) is 9.98 Å². The highest BCUT2D eigenvalue weighted by atomic mass is 15.0. The zero-order chi connectivity index (χ0) is 11.2. The summed E-state index contributed by atoms with van der Waals surface area (Å²) in [4.78, 5) is 12.8. The Morgan fingerprint density at radius 3 is 2.59 bits per heavy atom. The van der Waals surface area contributed by atoms with Gasteiger partial charge in [0, 0.05) is 10.9 Å². The molecule has 1 aliphatic carbocycles. The Hall–Kier alpha value is -2.16. The number of hydrogen-bond acceptors (Lipinski definition) is 2. The van der Waals surface area contributed by atoms with Crippen molar-refractivity contribution in [2.45, 2.75) is 12.1 Å². The molecule has 82 valence electrons. The van der Waals surface area contributed by atoms with Crippen molar-refractivity contribution in [3.63, 3.8) is 0 Å². The van der Waals surface area contributed by atoms with Gasteiger partial charge < -0.3 is 4.98 Å². The Balaban J connectivity index is 2.11. The highest BCUT2D eigenvalue weighted by molar-refractivity contribution is 5.78. The van der Waals surface area contributed by atoms with Gasteiger partial charge in [-0.2, -0.15) is 0 Å². The molecule has 0 radical (unpaired) electrons. The smallest absolute Gasteiger partial charge is 0.152 e. The number of nitrogens with zero attached hydrogens (tertiary/aromatic N) is 2. The first-order valence-electron chi connectivity index (χ1n) is 5.79. The third-order valence-electron chi connectivity index (χ3n) is 3.29. The molecule has 4 rings (SSSR count). The quantitative estimate of drug-likeness (QED) is 0.696. The Kier molecular flexibility index (Phi) is 1.66. The van der Waals surface area contributed by atoms with Gasteiger partial charge in [-0.15, -0.1) is 0 Å². The van der Waals surface area contributed by atoms with Crippen molar-refractivity contribution in [3.8, 4) is 0 Å². The van der Waals surface area contributed by atoms with Gasteiger partial charge in [0.1, 0.15) is 5.36 Å². The van der Waals surface area contributed by atoms with Crippen molar-refractivity contribution in [3.05, 3.63) is 59.4 Å². The maximum absolute atomic E-state index is 4.79. The Labute approximate surface area is 97.9 Å². The summed E-state index contributed by atoms with van der Waals surface area (Å²) < 4.78 is 0. The second-order valence-electron chi connectivity index (χ2n) is 4.38. The number of para-hydroxylation sites is 1. The number of benzene rings is 1. The largest absolute Gasteiger partial charge is 0.338 e. The third-order valence-corrected chi connectivity index (χ3v) is 3.29. The molecular formula is C14H11N3. The molecule has 0 amide bonds. The number of allylic oxidation sites excluding steroid dienone is 2. The van der Waals surface area contributed by atoms with E-state index in [9.17, 15) is 0 Å². The van der Waals surface area contributed by atoms with E-state index < -0.39 is 0 Å². The van der Waals surface area contributed by atoms with Crippen molar-refractivity contribution < 1.29 is 0 Å². The van der Waals surface area contributed by atoms with Crippen LogP contribution >= 0.6 is 0 Å². The summed E-state index contributed by atoms with van der Waals surface area (Å²) in [6.45, 7) is 0. The van der Waals surface area contributed by atoms with Crippen LogP contribution in [0, 0.1) is 0 Å². The SMILES string of the molecule is C1=C[C@@H]2N=c3[nH]c4ccccc4c3=N[C@@H]2C=C1. The monoisotopic (exact) mass is 221 g/mol. The normalized spacial score (nSPS) is 24.9. The van der Waals surface area contributed by atoms with Crippen molar-refractivity contribution in [1.82, 2.24) is 4.98 Å². The van der Waals surface area contributed by atoms with Gasteiger partial charge in [-0.25, -0.2) is 0 Å². The maximum Gasteiger partial charge on any atom is 0.152 e. The molecule has 1 N–H and O–H groups in total. The van der Waals surface area contributed by atoms with Crippen LogP contribution in [0.2, 0.25) is 0 Å². The zero-order valence-electron chi connectivity index (χ0n) is 9.17. The van der Waals surface area contributed by atoms with Crippen molar-refractivity contribution in [2.75, 3.05) is 0 Å². The maximum atomic E-state index is 4.79. The molecule has 3 nitrogen and oxygen atoms in total. The summed E-state index contributed by atoms with van der Waals surface area (Å²) in [7, 11) is 0. The molecule has 0 bridgehead atoms. The second-order valence-corrected chi connectivity index (χ2v) is 4.38. The average molecular weight is 221 g/mol. The molecule has 1 aromatic heterocycles. The number of aromatic amines is 1. The van der Waals surface area contributed by atoms with E-state index in [0.717, 1.165) is 21.7 Å². The molecule has 2 aliphatic rings. The van der Waals surface area contributed by atoms with Gasteiger partial charge >= 0.3 is 0 Å². The van der Waals surface area contributed by atoms with Gasteiger partial charge in [0.05, 0.1) is 12.1 Å². The lowest BCUT2D eigenvalue weighted by Crippen LogP contribution is -2.37.